The van der Waals surface area contributed by atoms with Gasteiger partial charge in [-0.25, -0.2) is 4.79 Å². The summed E-state index contributed by atoms with van der Waals surface area (Å²) in [7, 11) is 0. The molecule has 0 radical (unpaired) electrons. The molecule has 4 nitrogen and oxygen atoms in total. The second-order valence-electron chi connectivity index (χ2n) is 7.51. The van der Waals surface area contributed by atoms with Gasteiger partial charge in [-0.1, -0.05) is 0 Å². The quantitative estimate of drug-likeness (QED) is 0.281. The van der Waals surface area contributed by atoms with Gasteiger partial charge in [-0.15, -0.1) is 0 Å². The van der Waals surface area contributed by atoms with Crippen molar-refractivity contribution in [2.45, 2.75) is 61.2 Å². The highest BCUT2D eigenvalue weighted by molar-refractivity contribution is 5.79. The predicted molar refractivity (Wildman–Crippen MR) is 83.2 cm³/mol. The maximum Gasteiger partial charge on any atom is 0.459 e. The molecule has 19 heteroatoms. The Morgan fingerprint density at radius 2 is 1.20 bits per heavy atom. The minimum absolute atomic E-state index is 0.119. The van der Waals surface area contributed by atoms with E-state index >= 15 is 0 Å². The van der Waals surface area contributed by atoms with Crippen LogP contribution in [0.3, 0.4) is 0 Å². The van der Waals surface area contributed by atoms with E-state index in [0.29, 0.717) is 0 Å². The van der Waals surface area contributed by atoms with Crippen LogP contribution >= 0.6 is 0 Å². The Morgan fingerprint density at radius 1 is 0.771 bits per heavy atom. The first-order chi connectivity index (χ1) is 15.3. The van der Waals surface area contributed by atoms with Gasteiger partial charge in [0, 0.05) is 19.6 Å². The van der Waals surface area contributed by atoms with E-state index in [4.69, 9.17) is 4.74 Å². The van der Waals surface area contributed by atoms with Gasteiger partial charge in [-0.3, -0.25) is 4.90 Å². The molecule has 0 amide bonds. The Morgan fingerprint density at radius 3 is 1.63 bits per heavy atom. The average Bonchev–Trinajstić information content (AvgIpc) is 2.66. The number of alkyl halides is 15. The van der Waals surface area contributed by atoms with Crippen molar-refractivity contribution in [2.75, 3.05) is 32.8 Å². The first-order valence-corrected chi connectivity index (χ1v) is 9.20. The number of hydrogen-bond donors (Lipinski definition) is 0. The zero-order chi connectivity index (χ0) is 27.9. The van der Waals surface area contributed by atoms with Crippen LogP contribution in [0.4, 0.5) is 65.9 Å². The van der Waals surface area contributed by atoms with Gasteiger partial charge in [0.25, 0.3) is 0 Å². The van der Waals surface area contributed by atoms with E-state index in [-0.39, 0.29) is 26.3 Å². The minimum Gasteiger partial charge on any atom is -0.457 e. The van der Waals surface area contributed by atoms with Crippen LogP contribution in [0.1, 0.15) is 13.3 Å². The van der Waals surface area contributed by atoms with Crippen molar-refractivity contribution in [3.05, 3.63) is 0 Å². The molecule has 0 saturated carbocycles. The third-order valence-corrected chi connectivity index (χ3v) is 4.69. The zero-order valence-corrected chi connectivity index (χ0v) is 17.2. The third-order valence-electron chi connectivity index (χ3n) is 4.69. The Balaban J connectivity index is 3.14. The fourth-order valence-corrected chi connectivity index (χ4v) is 2.70. The van der Waals surface area contributed by atoms with Crippen LogP contribution in [0.2, 0.25) is 0 Å². The molecule has 1 saturated heterocycles. The first-order valence-electron chi connectivity index (χ1n) is 9.20. The lowest BCUT2D eigenvalue weighted by Gasteiger charge is -2.38. The fraction of sp³-hybridized carbons (Fsp3) is 0.938. The number of rotatable bonds is 10. The summed E-state index contributed by atoms with van der Waals surface area (Å²) in [6.45, 7) is 0.879. The third kappa shape index (κ3) is 5.85. The van der Waals surface area contributed by atoms with Gasteiger partial charge < -0.3 is 9.47 Å². The summed E-state index contributed by atoms with van der Waals surface area (Å²) >= 11 is 0. The molecular weight excluding hydrogens is 539 g/mol. The van der Waals surface area contributed by atoms with Crippen molar-refractivity contribution in [3.63, 3.8) is 0 Å². The first kappa shape index (κ1) is 31.4. The number of hydrogen-bond acceptors (Lipinski definition) is 4. The number of carbonyl (C=O) groups excluding carboxylic acids is 1. The standard InChI is InChI=1S/C16H16F15NO3/c1-8(6-32-2-4-34-5-3-32)35-9(33)12(21,22)15(27,28)13(23,24)10(17,18)7-11(19,20)14(25,26)16(29,30)31/h8H,2-7H2,1H3. The summed E-state index contributed by atoms with van der Waals surface area (Å²) in [5.74, 6) is -47.6. The van der Waals surface area contributed by atoms with Crippen LogP contribution in [0, 0.1) is 0 Å². The molecule has 1 aliphatic rings. The van der Waals surface area contributed by atoms with E-state index in [2.05, 4.69) is 4.74 Å². The van der Waals surface area contributed by atoms with Crippen molar-refractivity contribution >= 4 is 5.97 Å². The van der Waals surface area contributed by atoms with E-state index in [0.717, 1.165) is 6.92 Å². The number of nitrogens with zero attached hydrogens (tertiary/aromatic N) is 1. The van der Waals surface area contributed by atoms with E-state index < -0.39 is 66.8 Å². The number of ether oxygens (including phenoxy) is 2. The van der Waals surface area contributed by atoms with E-state index in [1.807, 2.05) is 0 Å². The van der Waals surface area contributed by atoms with Gasteiger partial charge >= 0.3 is 47.7 Å². The monoisotopic (exact) mass is 555 g/mol. The van der Waals surface area contributed by atoms with Crippen molar-refractivity contribution < 1.29 is 80.1 Å². The second kappa shape index (κ2) is 9.66. The normalized spacial score (nSPS) is 19.0. The molecule has 1 unspecified atom stereocenters. The smallest absolute Gasteiger partial charge is 0.457 e. The van der Waals surface area contributed by atoms with Crippen LogP contribution in [0.25, 0.3) is 0 Å². The molecule has 208 valence electrons. The molecule has 0 aromatic rings. The largest absolute Gasteiger partial charge is 0.459 e. The van der Waals surface area contributed by atoms with Crippen molar-refractivity contribution in [3.8, 4) is 0 Å². The summed E-state index contributed by atoms with van der Waals surface area (Å²) in [5.41, 5.74) is 0. The highest BCUT2D eigenvalue weighted by atomic mass is 19.4. The Labute approximate surface area is 186 Å². The van der Waals surface area contributed by atoms with Gasteiger partial charge in [-0.2, -0.15) is 65.9 Å². The highest BCUT2D eigenvalue weighted by Gasteiger charge is 2.86. The highest BCUT2D eigenvalue weighted by Crippen LogP contribution is 2.58. The number of halogens is 15. The van der Waals surface area contributed by atoms with E-state index in [9.17, 15) is 70.7 Å². The van der Waals surface area contributed by atoms with Gasteiger partial charge in [0.2, 0.25) is 0 Å². The van der Waals surface area contributed by atoms with Gasteiger partial charge in [0.05, 0.1) is 19.6 Å². The Hall–Kier alpha value is -1.66. The lowest BCUT2D eigenvalue weighted by molar-refractivity contribution is -0.393. The van der Waals surface area contributed by atoms with E-state index in [1.165, 1.54) is 4.90 Å². The molecule has 0 aromatic heterocycles. The molecule has 35 heavy (non-hydrogen) atoms. The fourth-order valence-electron chi connectivity index (χ4n) is 2.70. The lowest BCUT2D eigenvalue weighted by Crippen LogP contribution is -2.67. The molecule has 0 N–H and O–H groups in total. The maximum atomic E-state index is 13.8. The molecule has 1 fully saturated rings. The molecule has 1 atom stereocenters. The molecule has 1 aliphatic heterocycles. The van der Waals surface area contributed by atoms with Crippen molar-refractivity contribution in [2.24, 2.45) is 0 Å². The maximum absolute atomic E-state index is 13.8. The number of morpholine rings is 1. The Bertz CT molecular complexity index is 747. The summed E-state index contributed by atoms with van der Waals surface area (Å²) < 4.78 is 206. The molecule has 1 rings (SSSR count). The number of esters is 1. The van der Waals surface area contributed by atoms with Gasteiger partial charge in [-0.05, 0) is 6.92 Å². The van der Waals surface area contributed by atoms with Crippen molar-refractivity contribution in [1.29, 1.82) is 0 Å². The summed E-state index contributed by atoms with van der Waals surface area (Å²) in [6, 6.07) is 0. The molecule has 0 aromatic carbocycles. The summed E-state index contributed by atoms with van der Waals surface area (Å²) in [4.78, 5) is 12.8. The minimum atomic E-state index is -7.74. The predicted octanol–water partition coefficient (Wildman–Crippen LogP) is 5.01. The van der Waals surface area contributed by atoms with Crippen LogP contribution < -0.4 is 0 Å². The van der Waals surface area contributed by atoms with Crippen LogP contribution in [0.15, 0.2) is 0 Å². The van der Waals surface area contributed by atoms with Crippen LogP contribution in [0.5, 0.6) is 0 Å². The molecule has 0 aliphatic carbocycles. The van der Waals surface area contributed by atoms with Crippen molar-refractivity contribution in [1.82, 2.24) is 4.90 Å². The molecule has 1 heterocycles. The van der Waals surface area contributed by atoms with Crippen LogP contribution in [-0.4, -0.2) is 91.5 Å². The lowest BCUT2D eigenvalue weighted by atomic mass is 9.92. The average molecular weight is 555 g/mol. The second-order valence-corrected chi connectivity index (χ2v) is 7.51. The van der Waals surface area contributed by atoms with Gasteiger partial charge in [0.1, 0.15) is 6.10 Å². The SMILES string of the molecule is CC(CN1CCOCC1)OC(=O)C(F)(F)C(F)(F)C(F)(F)C(F)(F)CC(F)(F)C(F)(F)C(F)(F)F. The summed E-state index contributed by atoms with van der Waals surface area (Å²) in [6.07, 6.45) is -13.7. The molecule has 0 spiro atoms. The summed E-state index contributed by atoms with van der Waals surface area (Å²) in [5, 5.41) is 0. The van der Waals surface area contributed by atoms with Crippen LogP contribution in [-0.2, 0) is 14.3 Å². The zero-order valence-electron chi connectivity index (χ0n) is 17.2. The van der Waals surface area contributed by atoms with Gasteiger partial charge in [0.15, 0.2) is 0 Å². The Kier molecular flexibility index (Phi) is 8.66. The topological polar surface area (TPSA) is 38.8 Å². The molecular formula is C16H16F15NO3. The molecule has 0 bridgehead atoms. The van der Waals surface area contributed by atoms with E-state index in [1.54, 1.807) is 0 Å². The number of carbonyl (C=O) groups is 1.